The first-order valence-corrected chi connectivity index (χ1v) is 8.43. The van der Waals surface area contributed by atoms with Crippen molar-refractivity contribution in [2.45, 2.75) is 26.8 Å². The van der Waals surface area contributed by atoms with Crippen LogP contribution in [0.5, 0.6) is 0 Å². The van der Waals surface area contributed by atoms with E-state index in [2.05, 4.69) is 10.5 Å². The normalized spacial score (nSPS) is 10.5. The number of nitro groups is 1. The highest BCUT2D eigenvalue weighted by molar-refractivity contribution is 7.80. The summed E-state index contributed by atoms with van der Waals surface area (Å²) in [5.41, 5.74) is 8.91. The van der Waals surface area contributed by atoms with Crippen LogP contribution in [0.15, 0.2) is 18.2 Å². The Bertz CT molecular complexity index is 919. The van der Waals surface area contributed by atoms with Gasteiger partial charge < -0.3 is 5.73 Å². The van der Waals surface area contributed by atoms with E-state index >= 15 is 0 Å². The number of carbonyl (C=O) groups excluding carboxylic acids is 1. The second kappa shape index (κ2) is 8.27. The number of anilines is 1. The molecule has 1 aromatic heterocycles. The predicted octanol–water partition coefficient (Wildman–Crippen LogP) is 2.37. The first-order chi connectivity index (χ1) is 12.6. The number of hydrogen-bond acceptors (Lipinski definition) is 5. The van der Waals surface area contributed by atoms with Gasteiger partial charge in [0, 0.05) is 6.42 Å². The third kappa shape index (κ3) is 4.68. The van der Waals surface area contributed by atoms with Gasteiger partial charge >= 0.3 is 5.69 Å². The van der Waals surface area contributed by atoms with Crippen LogP contribution in [0, 0.1) is 29.8 Å². The molecule has 12 heteroatoms. The van der Waals surface area contributed by atoms with Crippen LogP contribution in [0.4, 0.5) is 15.8 Å². The van der Waals surface area contributed by atoms with E-state index in [-0.39, 0.29) is 40.2 Å². The molecule has 144 valence electrons. The van der Waals surface area contributed by atoms with E-state index in [9.17, 15) is 19.3 Å². The fraction of sp³-hybridized carbons (Fsp3) is 0.267. The Balaban J connectivity index is 2.09. The van der Waals surface area contributed by atoms with Gasteiger partial charge in [-0.15, -0.1) is 0 Å². The van der Waals surface area contributed by atoms with E-state index in [1.54, 1.807) is 6.92 Å². The van der Waals surface area contributed by atoms with E-state index in [4.69, 9.17) is 29.6 Å². The zero-order valence-corrected chi connectivity index (χ0v) is 16.0. The van der Waals surface area contributed by atoms with Gasteiger partial charge in [-0.05, 0) is 44.3 Å². The highest BCUT2D eigenvalue weighted by atomic mass is 35.5. The van der Waals surface area contributed by atoms with Gasteiger partial charge in [0.1, 0.15) is 17.2 Å². The van der Waals surface area contributed by atoms with Crippen LogP contribution in [0.3, 0.4) is 0 Å². The molecule has 9 nitrogen and oxygen atoms in total. The molecule has 1 heterocycles. The number of aryl methyl sites for hydroxylation is 2. The van der Waals surface area contributed by atoms with Crippen LogP contribution < -0.4 is 16.2 Å². The molecule has 1 amide bonds. The van der Waals surface area contributed by atoms with Crippen LogP contribution in [0.1, 0.15) is 17.8 Å². The molecule has 0 spiro atoms. The van der Waals surface area contributed by atoms with E-state index in [0.717, 1.165) is 11.1 Å². The third-order valence-corrected chi connectivity index (χ3v) is 4.17. The van der Waals surface area contributed by atoms with E-state index in [0.29, 0.717) is 5.69 Å². The van der Waals surface area contributed by atoms with Gasteiger partial charge in [-0.2, -0.15) is 5.10 Å². The zero-order chi connectivity index (χ0) is 20.3. The fourth-order valence-corrected chi connectivity index (χ4v) is 2.75. The average Bonchev–Trinajstić information content (AvgIpc) is 2.87. The lowest BCUT2D eigenvalue weighted by atomic mass is 10.3. The van der Waals surface area contributed by atoms with E-state index in [1.165, 1.54) is 23.7 Å². The Morgan fingerprint density at radius 1 is 1.52 bits per heavy atom. The molecule has 2 rings (SSSR count). The standard InChI is InChI=1S/C15H16ClFN6O3S/c1-8-14(23(25)26)9(2)21(19-8)6-5-13(24)20-22(15(18)27)10-3-4-12(17)11(16)7-10/h3-4,7H,5-6H2,1-2H3,(H2,18,27)(H,20,24). The Morgan fingerprint density at radius 2 is 2.19 bits per heavy atom. The number of amides is 1. The monoisotopic (exact) mass is 414 g/mol. The molecule has 0 atom stereocenters. The van der Waals surface area contributed by atoms with Crippen molar-refractivity contribution < 1.29 is 14.1 Å². The van der Waals surface area contributed by atoms with Gasteiger partial charge in [-0.1, -0.05) is 11.6 Å². The summed E-state index contributed by atoms with van der Waals surface area (Å²) in [4.78, 5) is 22.8. The Labute approximate surface area is 164 Å². The molecule has 0 saturated heterocycles. The minimum Gasteiger partial charge on any atom is -0.374 e. The number of hydrazine groups is 1. The summed E-state index contributed by atoms with van der Waals surface area (Å²) in [6.07, 6.45) is -0.0485. The Morgan fingerprint density at radius 3 is 2.70 bits per heavy atom. The number of rotatable bonds is 5. The molecule has 0 fully saturated rings. The summed E-state index contributed by atoms with van der Waals surface area (Å²) in [6.45, 7) is 3.19. The molecule has 1 aromatic carbocycles. The van der Waals surface area contributed by atoms with Crippen molar-refractivity contribution in [3.8, 4) is 0 Å². The predicted molar refractivity (Wildman–Crippen MR) is 102 cm³/mol. The number of halogens is 2. The van der Waals surface area contributed by atoms with Crippen LogP contribution in [-0.2, 0) is 11.3 Å². The van der Waals surface area contributed by atoms with E-state index in [1.807, 2.05) is 0 Å². The number of aromatic nitrogens is 2. The number of benzene rings is 1. The van der Waals surface area contributed by atoms with Gasteiger partial charge in [0.05, 0.1) is 22.2 Å². The molecule has 0 aliphatic heterocycles. The lowest BCUT2D eigenvalue weighted by molar-refractivity contribution is -0.386. The molecule has 0 aliphatic carbocycles. The molecular weight excluding hydrogens is 399 g/mol. The molecule has 27 heavy (non-hydrogen) atoms. The average molecular weight is 415 g/mol. The van der Waals surface area contributed by atoms with Crippen LogP contribution in [0.25, 0.3) is 0 Å². The molecular formula is C15H16ClFN6O3S. The van der Waals surface area contributed by atoms with Crippen LogP contribution >= 0.6 is 23.8 Å². The van der Waals surface area contributed by atoms with Crippen LogP contribution in [-0.4, -0.2) is 25.7 Å². The summed E-state index contributed by atoms with van der Waals surface area (Å²) >= 11 is 10.6. The van der Waals surface area contributed by atoms with Gasteiger partial charge in [-0.3, -0.25) is 25.0 Å². The summed E-state index contributed by atoms with van der Waals surface area (Å²) < 4.78 is 14.7. The van der Waals surface area contributed by atoms with Gasteiger partial charge in [-0.25, -0.2) is 9.40 Å². The maximum Gasteiger partial charge on any atom is 0.312 e. The number of carbonyl (C=O) groups is 1. The van der Waals surface area contributed by atoms with Crippen molar-refractivity contribution in [3.63, 3.8) is 0 Å². The molecule has 3 N–H and O–H groups in total. The third-order valence-electron chi connectivity index (χ3n) is 3.69. The van der Waals surface area contributed by atoms with E-state index < -0.39 is 16.6 Å². The number of nitrogens with zero attached hydrogens (tertiary/aromatic N) is 4. The first-order valence-electron chi connectivity index (χ1n) is 7.64. The maximum atomic E-state index is 13.3. The zero-order valence-electron chi connectivity index (χ0n) is 14.4. The maximum absolute atomic E-state index is 13.3. The molecule has 0 radical (unpaired) electrons. The molecule has 0 saturated carbocycles. The lowest BCUT2D eigenvalue weighted by Crippen LogP contribution is -2.49. The largest absolute Gasteiger partial charge is 0.374 e. The fourth-order valence-electron chi connectivity index (χ4n) is 2.43. The highest BCUT2D eigenvalue weighted by Gasteiger charge is 2.22. The number of nitrogens with one attached hydrogen (secondary N) is 1. The number of hydrogen-bond donors (Lipinski definition) is 2. The van der Waals surface area contributed by atoms with Crippen molar-refractivity contribution in [3.05, 3.63) is 50.5 Å². The minimum absolute atomic E-state index is 0.0485. The SMILES string of the molecule is Cc1nn(CCC(=O)NN(C(N)=S)c2ccc(F)c(Cl)c2)c(C)c1[N+](=O)[O-]. The molecule has 0 unspecified atom stereocenters. The number of thiocarbonyl (C=S) groups is 1. The number of nitrogens with two attached hydrogens (primary N) is 1. The summed E-state index contributed by atoms with van der Waals surface area (Å²) in [5.74, 6) is -1.10. The van der Waals surface area contributed by atoms with Crippen molar-refractivity contribution in [1.82, 2.24) is 15.2 Å². The van der Waals surface area contributed by atoms with Gasteiger partial charge in [0.25, 0.3) is 0 Å². The van der Waals surface area contributed by atoms with Crippen molar-refractivity contribution in [2.75, 3.05) is 5.01 Å². The van der Waals surface area contributed by atoms with Crippen molar-refractivity contribution in [1.29, 1.82) is 0 Å². The lowest BCUT2D eigenvalue weighted by Gasteiger charge is -2.23. The first kappa shape index (κ1) is 20.5. The van der Waals surface area contributed by atoms with Crippen molar-refractivity contribution >= 4 is 46.2 Å². The summed E-state index contributed by atoms with van der Waals surface area (Å²) in [6, 6.07) is 3.73. The second-order valence-corrected chi connectivity index (χ2v) is 6.38. The highest BCUT2D eigenvalue weighted by Crippen LogP contribution is 2.23. The summed E-state index contributed by atoms with van der Waals surface area (Å²) in [7, 11) is 0. The molecule has 2 aromatic rings. The van der Waals surface area contributed by atoms with Gasteiger partial charge in [0.15, 0.2) is 5.11 Å². The topological polar surface area (TPSA) is 119 Å². The van der Waals surface area contributed by atoms with Crippen LogP contribution in [0.2, 0.25) is 5.02 Å². The van der Waals surface area contributed by atoms with Crippen molar-refractivity contribution in [2.24, 2.45) is 5.73 Å². The molecule has 0 aliphatic rings. The second-order valence-electron chi connectivity index (χ2n) is 5.56. The quantitative estimate of drug-likeness (QED) is 0.438. The minimum atomic E-state index is -0.624. The summed E-state index contributed by atoms with van der Waals surface area (Å²) in [5, 5.41) is 15.9. The Hall–Kier alpha value is -2.79. The molecule has 0 bridgehead atoms. The Kier molecular flexibility index (Phi) is 6.28. The smallest absolute Gasteiger partial charge is 0.312 e. The van der Waals surface area contributed by atoms with Gasteiger partial charge in [0.2, 0.25) is 5.91 Å².